The Morgan fingerprint density at radius 3 is 2.57 bits per heavy atom. The maximum absolute atomic E-state index is 11.6. The molecule has 0 amide bonds. The Hall–Kier alpha value is -1.86. The molecular formula is C6H3F3N2O3. The van der Waals surface area contributed by atoms with Crippen LogP contribution < -0.4 is 4.74 Å². The Labute approximate surface area is 75.2 Å². The fourth-order valence-corrected chi connectivity index (χ4v) is 0.619. The first-order chi connectivity index (χ1) is 6.38. The third-order valence-corrected chi connectivity index (χ3v) is 1.05. The number of carboxylic acid groups (broad SMARTS) is 1. The van der Waals surface area contributed by atoms with Crippen LogP contribution in [0, 0.1) is 0 Å². The molecule has 0 radical (unpaired) electrons. The molecule has 0 bridgehead atoms. The molecule has 0 saturated carbocycles. The predicted molar refractivity (Wildman–Crippen MR) is 35.7 cm³/mol. The first-order valence-corrected chi connectivity index (χ1v) is 3.19. The van der Waals surface area contributed by atoms with Crippen molar-refractivity contribution in [1.82, 2.24) is 9.97 Å². The van der Waals surface area contributed by atoms with Crippen molar-refractivity contribution in [2.45, 2.75) is 6.36 Å². The van der Waals surface area contributed by atoms with Crippen LogP contribution in [0.3, 0.4) is 0 Å². The van der Waals surface area contributed by atoms with E-state index in [0.717, 1.165) is 6.20 Å². The van der Waals surface area contributed by atoms with Crippen LogP contribution in [0.1, 0.15) is 10.5 Å². The van der Waals surface area contributed by atoms with Crippen molar-refractivity contribution in [2.75, 3.05) is 0 Å². The van der Waals surface area contributed by atoms with E-state index in [0.29, 0.717) is 6.20 Å². The summed E-state index contributed by atoms with van der Waals surface area (Å²) in [5, 5.41) is 8.37. The van der Waals surface area contributed by atoms with Crippen molar-refractivity contribution in [3.63, 3.8) is 0 Å². The number of alkyl halides is 3. The maximum Gasteiger partial charge on any atom is 0.574 e. The molecule has 1 aromatic rings. The zero-order valence-electron chi connectivity index (χ0n) is 6.45. The van der Waals surface area contributed by atoms with Gasteiger partial charge in [0.25, 0.3) is 0 Å². The fraction of sp³-hybridized carbons (Fsp3) is 0.167. The summed E-state index contributed by atoms with van der Waals surface area (Å²) in [4.78, 5) is 16.6. The Kier molecular flexibility index (Phi) is 2.54. The molecule has 1 aromatic heterocycles. The second-order valence-electron chi connectivity index (χ2n) is 2.10. The SMILES string of the molecule is O=C(O)c1cncc(OC(F)(F)F)n1. The first-order valence-electron chi connectivity index (χ1n) is 3.19. The van der Waals surface area contributed by atoms with Gasteiger partial charge in [-0.25, -0.2) is 9.78 Å². The van der Waals surface area contributed by atoms with Gasteiger partial charge in [-0.3, -0.25) is 4.98 Å². The molecule has 0 unspecified atom stereocenters. The standard InChI is InChI=1S/C6H3F3N2O3/c7-6(8,9)14-4-2-10-1-3(11-4)5(12)13/h1-2H,(H,12,13). The van der Waals surface area contributed by atoms with E-state index in [2.05, 4.69) is 14.7 Å². The summed E-state index contributed by atoms with van der Waals surface area (Å²) in [7, 11) is 0. The van der Waals surface area contributed by atoms with Gasteiger partial charge in [0.15, 0.2) is 5.69 Å². The van der Waals surface area contributed by atoms with Crippen LogP contribution in [0.2, 0.25) is 0 Å². The van der Waals surface area contributed by atoms with Crippen molar-refractivity contribution in [3.05, 3.63) is 18.1 Å². The number of carboxylic acids is 1. The zero-order valence-corrected chi connectivity index (χ0v) is 6.45. The number of rotatable bonds is 2. The van der Waals surface area contributed by atoms with E-state index in [1.54, 1.807) is 0 Å². The second-order valence-corrected chi connectivity index (χ2v) is 2.10. The van der Waals surface area contributed by atoms with Crippen LogP contribution in [0.15, 0.2) is 12.4 Å². The van der Waals surface area contributed by atoms with Gasteiger partial charge < -0.3 is 9.84 Å². The van der Waals surface area contributed by atoms with E-state index in [9.17, 15) is 18.0 Å². The molecule has 0 fully saturated rings. The smallest absolute Gasteiger partial charge is 0.476 e. The molecule has 0 aliphatic carbocycles. The lowest BCUT2D eigenvalue weighted by molar-refractivity contribution is -0.276. The Bertz CT molecular complexity index is 352. The quantitative estimate of drug-likeness (QED) is 0.786. The number of halogens is 3. The number of hydrogen-bond acceptors (Lipinski definition) is 4. The van der Waals surface area contributed by atoms with Crippen LogP contribution in [0.4, 0.5) is 13.2 Å². The number of aromatic carboxylic acids is 1. The van der Waals surface area contributed by atoms with Gasteiger partial charge in [-0.1, -0.05) is 0 Å². The van der Waals surface area contributed by atoms with E-state index >= 15 is 0 Å². The Morgan fingerprint density at radius 1 is 1.43 bits per heavy atom. The van der Waals surface area contributed by atoms with Crippen molar-refractivity contribution in [2.24, 2.45) is 0 Å². The molecule has 14 heavy (non-hydrogen) atoms. The van der Waals surface area contributed by atoms with Crippen LogP contribution in [-0.4, -0.2) is 27.4 Å². The molecule has 5 nitrogen and oxygen atoms in total. The minimum atomic E-state index is -4.91. The normalized spacial score (nSPS) is 11.1. The van der Waals surface area contributed by atoms with Crippen LogP contribution in [0.25, 0.3) is 0 Å². The monoisotopic (exact) mass is 208 g/mol. The maximum atomic E-state index is 11.6. The molecule has 1 heterocycles. The van der Waals surface area contributed by atoms with Crippen LogP contribution in [0.5, 0.6) is 5.88 Å². The van der Waals surface area contributed by atoms with Crippen LogP contribution >= 0.6 is 0 Å². The Morgan fingerprint density at radius 2 is 2.07 bits per heavy atom. The summed E-state index contributed by atoms with van der Waals surface area (Å²) in [6.07, 6.45) is -3.43. The van der Waals surface area contributed by atoms with Gasteiger partial charge in [0.1, 0.15) is 0 Å². The topological polar surface area (TPSA) is 72.3 Å². The van der Waals surface area contributed by atoms with Gasteiger partial charge in [0, 0.05) is 0 Å². The van der Waals surface area contributed by atoms with Gasteiger partial charge in [-0.15, -0.1) is 13.2 Å². The van der Waals surface area contributed by atoms with Crippen molar-refractivity contribution in [1.29, 1.82) is 0 Å². The molecule has 0 spiro atoms. The van der Waals surface area contributed by atoms with Gasteiger partial charge in [-0.2, -0.15) is 0 Å². The predicted octanol–water partition coefficient (Wildman–Crippen LogP) is 1.07. The fourth-order valence-electron chi connectivity index (χ4n) is 0.619. The summed E-state index contributed by atoms with van der Waals surface area (Å²) >= 11 is 0. The summed E-state index contributed by atoms with van der Waals surface area (Å²) in [5.74, 6) is -2.39. The molecule has 0 aromatic carbocycles. The highest BCUT2D eigenvalue weighted by Gasteiger charge is 2.32. The summed E-state index contributed by atoms with van der Waals surface area (Å²) < 4.78 is 38.3. The van der Waals surface area contributed by atoms with Gasteiger partial charge in [0.05, 0.1) is 12.4 Å². The second kappa shape index (κ2) is 3.48. The van der Waals surface area contributed by atoms with E-state index in [1.165, 1.54) is 0 Å². The minimum Gasteiger partial charge on any atom is -0.476 e. The van der Waals surface area contributed by atoms with Gasteiger partial charge >= 0.3 is 12.3 Å². The number of nitrogens with zero attached hydrogens (tertiary/aromatic N) is 2. The summed E-state index contributed by atoms with van der Waals surface area (Å²) in [6.45, 7) is 0. The molecule has 8 heteroatoms. The number of carbonyl (C=O) groups is 1. The zero-order chi connectivity index (χ0) is 10.8. The van der Waals surface area contributed by atoms with Crippen LogP contribution in [-0.2, 0) is 0 Å². The molecular weight excluding hydrogens is 205 g/mol. The minimum absolute atomic E-state index is 0.619. The van der Waals surface area contributed by atoms with Crippen molar-refractivity contribution >= 4 is 5.97 Å². The average molecular weight is 208 g/mol. The number of hydrogen-bond donors (Lipinski definition) is 1. The van der Waals surface area contributed by atoms with E-state index in [-0.39, 0.29) is 0 Å². The third-order valence-electron chi connectivity index (χ3n) is 1.05. The highest BCUT2D eigenvalue weighted by atomic mass is 19.4. The lowest BCUT2D eigenvalue weighted by Gasteiger charge is -2.06. The van der Waals surface area contributed by atoms with Gasteiger partial charge in [0.2, 0.25) is 5.88 Å². The summed E-state index contributed by atoms with van der Waals surface area (Å²) in [5.41, 5.74) is -0.619. The largest absolute Gasteiger partial charge is 0.574 e. The first kappa shape index (κ1) is 10.2. The molecule has 0 atom stereocenters. The average Bonchev–Trinajstić information content (AvgIpc) is 2.01. The third kappa shape index (κ3) is 2.88. The van der Waals surface area contributed by atoms with Crippen molar-refractivity contribution in [3.8, 4) is 5.88 Å². The lowest BCUT2D eigenvalue weighted by atomic mass is 10.5. The molecule has 0 aliphatic rings. The molecule has 0 saturated heterocycles. The summed E-state index contributed by atoms with van der Waals surface area (Å²) in [6, 6.07) is 0. The number of aromatic nitrogens is 2. The van der Waals surface area contributed by atoms with E-state index in [1.807, 2.05) is 0 Å². The highest BCUT2D eigenvalue weighted by molar-refractivity contribution is 5.84. The number of ether oxygens (including phenoxy) is 1. The Balaban J connectivity index is 2.89. The molecule has 76 valence electrons. The lowest BCUT2D eigenvalue weighted by Crippen LogP contribution is -2.18. The van der Waals surface area contributed by atoms with Gasteiger partial charge in [-0.05, 0) is 0 Å². The van der Waals surface area contributed by atoms with E-state index < -0.39 is 23.9 Å². The highest BCUT2D eigenvalue weighted by Crippen LogP contribution is 2.19. The van der Waals surface area contributed by atoms with Crippen molar-refractivity contribution < 1.29 is 27.8 Å². The van der Waals surface area contributed by atoms with E-state index in [4.69, 9.17) is 5.11 Å². The molecule has 1 rings (SSSR count). The molecule has 1 N–H and O–H groups in total. The molecule has 0 aliphatic heterocycles.